The molecule has 7 heteroatoms. The van der Waals surface area contributed by atoms with Gasteiger partial charge in [0.05, 0.1) is 23.6 Å². The molecule has 0 atom stereocenters. The molecule has 0 fully saturated rings. The van der Waals surface area contributed by atoms with E-state index in [2.05, 4.69) is 31.0 Å². The largest absolute Gasteiger partial charge is 0.368 e. The Hall–Kier alpha value is -2.70. The average Bonchev–Trinajstić information content (AvgIpc) is 3.01. The first-order valence-corrected chi connectivity index (χ1v) is 8.98. The summed E-state index contributed by atoms with van der Waals surface area (Å²) in [5.74, 6) is 0.295. The van der Waals surface area contributed by atoms with E-state index >= 15 is 0 Å². The van der Waals surface area contributed by atoms with E-state index in [1.54, 1.807) is 12.4 Å². The van der Waals surface area contributed by atoms with Gasteiger partial charge in [0.25, 0.3) is 0 Å². The summed E-state index contributed by atoms with van der Waals surface area (Å²) in [7, 11) is 0. The van der Waals surface area contributed by atoms with Gasteiger partial charge in [0.1, 0.15) is 5.15 Å². The van der Waals surface area contributed by atoms with Crippen molar-refractivity contribution in [3.8, 4) is 11.3 Å². The van der Waals surface area contributed by atoms with Gasteiger partial charge in [0.15, 0.2) is 0 Å². The number of nitrogens with zero attached hydrogens (tertiary/aromatic N) is 4. The van der Waals surface area contributed by atoms with Gasteiger partial charge in [0, 0.05) is 21.0 Å². The number of hydrogen-bond acceptors (Lipinski definition) is 4. The van der Waals surface area contributed by atoms with E-state index in [0.717, 1.165) is 26.6 Å². The first-order chi connectivity index (χ1) is 12.6. The summed E-state index contributed by atoms with van der Waals surface area (Å²) in [5, 5.41) is 5.76. The highest BCUT2D eigenvalue weighted by Crippen LogP contribution is 2.23. The van der Waals surface area contributed by atoms with E-state index in [-0.39, 0.29) is 0 Å². The standard InChI is InChI=1S/C19H13BrClN5/c20-15-7-5-12(6-8-15)17-11-26(19(22)25-17)23-10-14-9-13-3-1-2-4-16(13)24-18(14)21/h1-11H,(H2,22,25)/b23-10+. The monoisotopic (exact) mass is 425 g/mol. The SMILES string of the molecule is Nc1nc(-c2ccc(Br)cc2)cn1/N=C/c1cc2ccccc2nc1Cl. The minimum Gasteiger partial charge on any atom is -0.368 e. The van der Waals surface area contributed by atoms with Crippen molar-refractivity contribution in [1.82, 2.24) is 14.6 Å². The molecule has 4 aromatic rings. The highest BCUT2D eigenvalue weighted by atomic mass is 79.9. The van der Waals surface area contributed by atoms with E-state index < -0.39 is 0 Å². The van der Waals surface area contributed by atoms with Gasteiger partial charge in [-0.15, -0.1) is 0 Å². The second kappa shape index (κ2) is 6.90. The molecule has 2 N–H and O–H groups in total. The molecule has 26 heavy (non-hydrogen) atoms. The van der Waals surface area contributed by atoms with Crippen LogP contribution >= 0.6 is 27.5 Å². The summed E-state index contributed by atoms with van der Waals surface area (Å²) in [6, 6.07) is 17.5. The lowest BCUT2D eigenvalue weighted by Crippen LogP contribution is -1.97. The van der Waals surface area contributed by atoms with Crippen LogP contribution in [0, 0.1) is 0 Å². The van der Waals surface area contributed by atoms with Crippen LogP contribution in [0.3, 0.4) is 0 Å². The smallest absolute Gasteiger partial charge is 0.221 e. The van der Waals surface area contributed by atoms with Gasteiger partial charge in [-0.2, -0.15) is 5.10 Å². The van der Waals surface area contributed by atoms with Gasteiger partial charge in [-0.3, -0.25) is 0 Å². The van der Waals surface area contributed by atoms with Crippen molar-refractivity contribution in [1.29, 1.82) is 0 Å². The number of para-hydroxylation sites is 1. The molecule has 0 amide bonds. The predicted molar refractivity (Wildman–Crippen MR) is 110 cm³/mol. The van der Waals surface area contributed by atoms with Crippen molar-refractivity contribution in [2.24, 2.45) is 5.10 Å². The zero-order valence-electron chi connectivity index (χ0n) is 13.5. The lowest BCUT2D eigenvalue weighted by atomic mass is 10.2. The van der Waals surface area contributed by atoms with E-state index in [1.165, 1.54) is 4.68 Å². The summed E-state index contributed by atoms with van der Waals surface area (Å²) < 4.78 is 2.52. The third-order valence-corrected chi connectivity index (χ3v) is 4.71. The van der Waals surface area contributed by atoms with Crippen LogP contribution in [-0.2, 0) is 0 Å². The van der Waals surface area contributed by atoms with Crippen LogP contribution in [0.25, 0.3) is 22.2 Å². The molecule has 0 aliphatic carbocycles. The molecule has 2 aromatic heterocycles. The van der Waals surface area contributed by atoms with Crippen molar-refractivity contribution in [3.05, 3.63) is 76.0 Å². The highest BCUT2D eigenvalue weighted by Gasteiger charge is 2.07. The van der Waals surface area contributed by atoms with Gasteiger partial charge < -0.3 is 5.73 Å². The molecule has 5 nitrogen and oxygen atoms in total. The van der Waals surface area contributed by atoms with E-state index in [9.17, 15) is 0 Å². The lowest BCUT2D eigenvalue weighted by molar-refractivity contribution is 0.898. The summed E-state index contributed by atoms with van der Waals surface area (Å²) >= 11 is 9.68. The highest BCUT2D eigenvalue weighted by molar-refractivity contribution is 9.10. The van der Waals surface area contributed by atoms with Crippen LogP contribution in [-0.4, -0.2) is 20.9 Å². The van der Waals surface area contributed by atoms with E-state index in [1.807, 2.05) is 54.6 Å². The molecule has 0 saturated heterocycles. The molecule has 0 spiro atoms. The van der Waals surface area contributed by atoms with Crippen LogP contribution in [0.5, 0.6) is 0 Å². The van der Waals surface area contributed by atoms with Crippen LogP contribution < -0.4 is 5.73 Å². The van der Waals surface area contributed by atoms with Crippen molar-refractivity contribution in [2.75, 3.05) is 5.73 Å². The number of nitrogen functional groups attached to an aromatic ring is 1. The van der Waals surface area contributed by atoms with Crippen molar-refractivity contribution < 1.29 is 0 Å². The normalized spacial score (nSPS) is 11.5. The molecule has 2 heterocycles. The number of rotatable bonds is 3. The minimum absolute atomic E-state index is 0.295. The topological polar surface area (TPSA) is 69.1 Å². The Bertz CT molecular complexity index is 1120. The van der Waals surface area contributed by atoms with Gasteiger partial charge in [-0.25, -0.2) is 14.6 Å². The Morgan fingerprint density at radius 2 is 1.85 bits per heavy atom. The quantitative estimate of drug-likeness (QED) is 0.371. The Labute approximate surface area is 163 Å². The maximum absolute atomic E-state index is 6.26. The van der Waals surface area contributed by atoms with Crippen LogP contribution in [0.2, 0.25) is 5.15 Å². The summed E-state index contributed by atoms with van der Waals surface area (Å²) in [5.41, 5.74) is 9.24. The summed E-state index contributed by atoms with van der Waals surface area (Å²) in [4.78, 5) is 8.74. The first-order valence-electron chi connectivity index (χ1n) is 7.80. The van der Waals surface area contributed by atoms with Crippen molar-refractivity contribution in [3.63, 3.8) is 0 Å². The molecule has 4 rings (SSSR count). The Balaban J connectivity index is 1.67. The number of imidazole rings is 1. The fraction of sp³-hybridized carbons (Fsp3) is 0. The molecule has 0 saturated carbocycles. The van der Waals surface area contributed by atoms with Gasteiger partial charge >= 0.3 is 0 Å². The molecule has 0 bridgehead atoms. The molecule has 2 aromatic carbocycles. The number of pyridine rings is 1. The first kappa shape index (κ1) is 16.8. The second-order valence-corrected chi connectivity index (χ2v) is 6.92. The number of aromatic nitrogens is 3. The maximum atomic E-state index is 6.26. The summed E-state index contributed by atoms with van der Waals surface area (Å²) in [6.45, 7) is 0. The molecular formula is C19H13BrClN5. The Morgan fingerprint density at radius 1 is 1.08 bits per heavy atom. The lowest BCUT2D eigenvalue weighted by Gasteiger charge is -2.01. The second-order valence-electron chi connectivity index (χ2n) is 5.64. The zero-order valence-corrected chi connectivity index (χ0v) is 15.8. The minimum atomic E-state index is 0.295. The molecule has 0 radical (unpaired) electrons. The average molecular weight is 427 g/mol. The molecule has 128 valence electrons. The van der Waals surface area contributed by atoms with Gasteiger partial charge in [0.2, 0.25) is 5.95 Å². The summed E-state index contributed by atoms with van der Waals surface area (Å²) in [6.07, 6.45) is 3.41. The Morgan fingerprint density at radius 3 is 2.65 bits per heavy atom. The van der Waals surface area contributed by atoms with Crippen LogP contribution in [0.15, 0.2) is 70.4 Å². The molecule has 0 aliphatic rings. The van der Waals surface area contributed by atoms with Crippen molar-refractivity contribution >= 4 is 50.6 Å². The fourth-order valence-corrected chi connectivity index (χ4v) is 3.02. The zero-order chi connectivity index (χ0) is 18.1. The van der Waals surface area contributed by atoms with E-state index in [0.29, 0.717) is 16.7 Å². The predicted octanol–water partition coefficient (Wildman–Crippen LogP) is 4.98. The third-order valence-electron chi connectivity index (χ3n) is 3.88. The van der Waals surface area contributed by atoms with Crippen LogP contribution in [0.4, 0.5) is 5.95 Å². The number of halogens is 2. The van der Waals surface area contributed by atoms with E-state index in [4.69, 9.17) is 17.3 Å². The number of nitrogens with two attached hydrogens (primary N) is 1. The molecule has 0 aliphatic heterocycles. The van der Waals surface area contributed by atoms with Crippen molar-refractivity contribution in [2.45, 2.75) is 0 Å². The number of fused-ring (bicyclic) bond motifs is 1. The van der Waals surface area contributed by atoms with Crippen LogP contribution in [0.1, 0.15) is 5.56 Å². The third kappa shape index (κ3) is 3.34. The number of anilines is 1. The number of hydrogen-bond donors (Lipinski definition) is 1. The Kier molecular flexibility index (Phi) is 4.44. The molecular weight excluding hydrogens is 414 g/mol. The fourth-order valence-electron chi connectivity index (χ4n) is 2.56. The number of benzene rings is 2. The maximum Gasteiger partial charge on any atom is 0.221 e. The van der Waals surface area contributed by atoms with Gasteiger partial charge in [-0.05, 0) is 24.3 Å². The molecule has 0 unspecified atom stereocenters. The van der Waals surface area contributed by atoms with Gasteiger partial charge in [-0.1, -0.05) is 57.9 Å².